The molecular formula is C13H22N4. The largest absolute Gasteiger partial charge is 0.369 e. The minimum absolute atomic E-state index is 0.732. The van der Waals surface area contributed by atoms with Crippen molar-refractivity contribution in [1.82, 2.24) is 15.3 Å². The van der Waals surface area contributed by atoms with Crippen LogP contribution in [0.5, 0.6) is 0 Å². The Morgan fingerprint density at radius 1 is 1.41 bits per heavy atom. The molecule has 0 amide bonds. The van der Waals surface area contributed by atoms with Crippen molar-refractivity contribution in [1.29, 1.82) is 0 Å². The van der Waals surface area contributed by atoms with Gasteiger partial charge in [0.1, 0.15) is 6.33 Å². The first kappa shape index (κ1) is 12.3. The quantitative estimate of drug-likeness (QED) is 0.839. The van der Waals surface area contributed by atoms with E-state index in [1.54, 1.807) is 6.33 Å². The third kappa shape index (κ3) is 3.66. The second-order valence-electron chi connectivity index (χ2n) is 5.25. The summed E-state index contributed by atoms with van der Waals surface area (Å²) in [4.78, 5) is 10.5. The summed E-state index contributed by atoms with van der Waals surface area (Å²) < 4.78 is 0. The molecule has 1 aromatic rings. The van der Waals surface area contributed by atoms with Crippen LogP contribution in [0.2, 0.25) is 0 Å². The van der Waals surface area contributed by atoms with Gasteiger partial charge in [0.2, 0.25) is 0 Å². The molecule has 1 aliphatic rings. The molecule has 1 fully saturated rings. The number of anilines is 1. The molecule has 2 heterocycles. The Bertz CT molecular complexity index is 325. The molecule has 0 radical (unpaired) electrons. The van der Waals surface area contributed by atoms with Crippen molar-refractivity contribution in [3.63, 3.8) is 0 Å². The lowest BCUT2D eigenvalue weighted by atomic mass is 10.1. The van der Waals surface area contributed by atoms with Crippen molar-refractivity contribution < 1.29 is 0 Å². The van der Waals surface area contributed by atoms with Crippen LogP contribution in [-0.4, -0.2) is 36.1 Å². The summed E-state index contributed by atoms with van der Waals surface area (Å²) in [7, 11) is 0. The van der Waals surface area contributed by atoms with Crippen LogP contribution >= 0.6 is 0 Å². The number of nitrogens with one attached hydrogen (secondary N) is 1. The summed E-state index contributed by atoms with van der Waals surface area (Å²) >= 11 is 0. The van der Waals surface area contributed by atoms with E-state index in [0.717, 1.165) is 43.7 Å². The number of rotatable bonds is 5. The van der Waals surface area contributed by atoms with Gasteiger partial charge in [-0.15, -0.1) is 0 Å². The molecular weight excluding hydrogens is 212 g/mol. The number of aromatic nitrogens is 2. The Hall–Kier alpha value is -1.16. The van der Waals surface area contributed by atoms with Crippen molar-refractivity contribution in [3.8, 4) is 0 Å². The van der Waals surface area contributed by atoms with Crippen LogP contribution in [0.4, 0.5) is 5.69 Å². The predicted octanol–water partition coefficient (Wildman–Crippen LogP) is 1.55. The molecule has 1 unspecified atom stereocenters. The fourth-order valence-corrected chi connectivity index (χ4v) is 2.26. The summed E-state index contributed by atoms with van der Waals surface area (Å²) in [5.41, 5.74) is 1.15. The summed E-state index contributed by atoms with van der Waals surface area (Å²) in [6.45, 7) is 8.98. The first-order valence-electron chi connectivity index (χ1n) is 6.46. The highest BCUT2D eigenvalue weighted by Crippen LogP contribution is 2.21. The molecule has 17 heavy (non-hydrogen) atoms. The third-order valence-corrected chi connectivity index (χ3v) is 3.18. The van der Waals surface area contributed by atoms with E-state index < -0.39 is 0 Å². The molecule has 0 spiro atoms. The average molecular weight is 234 g/mol. The van der Waals surface area contributed by atoms with Gasteiger partial charge in [0.15, 0.2) is 0 Å². The minimum Gasteiger partial charge on any atom is -0.369 e. The summed E-state index contributed by atoms with van der Waals surface area (Å²) in [5, 5.41) is 3.54. The fraction of sp³-hybridized carbons (Fsp3) is 0.692. The smallest absolute Gasteiger partial charge is 0.115 e. The summed E-state index contributed by atoms with van der Waals surface area (Å²) in [6.07, 6.45) is 6.65. The first-order valence-corrected chi connectivity index (χ1v) is 6.46. The second kappa shape index (κ2) is 5.96. The van der Waals surface area contributed by atoms with E-state index in [4.69, 9.17) is 0 Å². The van der Waals surface area contributed by atoms with Crippen LogP contribution in [0, 0.1) is 11.8 Å². The maximum atomic E-state index is 4.07. The monoisotopic (exact) mass is 234 g/mol. The van der Waals surface area contributed by atoms with Gasteiger partial charge in [-0.1, -0.05) is 13.8 Å². The van der Waals surface area contributed by atoms with Gasteiger partial charge in [0, 0.05) is 13.1 Å². The van der Waals surface area contributed by atoms with Gasteiger partial charge >= 0.3 is 0 Å². The van der Waals surface area contributed by atoms with E-state index >= 15 is 0 Å². The predicted molar refractivity (Wildman–Crippen MR) is 70.1 cm³/mol. The average Bonchev–Trinajstić information content (AvgIpc) is 2.78. The van der Waals surface area contributed by atoms with Crippen molar-refractivity contribution in [3.05, 3.63) is 18.7 Å². The zero-order valence-corrected chi connectivity index (χ0v) is 10.8. The van der Waals surface area contributed by atoms with Gasteiger partial charge in [-0.05, 0) is 31.3 Å². The molecule has 0 saturated carbocycles. The Kier molecular flexibility index (Phi) is 4.31. The molecule has 0 bridgehead atoms. The zero-order valence-electron chi connectivity index (χ0n) is 10.8. The maximum Gasteiger partial charge on any atom is 0.115 e. The molecule has 0 aromatic carbocycles. The molecule has 4 nitrogen and oxygen atoms in total. The van der Waals surface area contributed by atoms with Crippen LogP contribution in [0.25, 0.3) is 0 Å². The Morgan fingerprint density at radius 3 is 2.88 bits per heavy atom. The standard InChI is InChI=1S/C13H22N4/c1-11(2)5-14-6-12-3-4-17(9-12)13-7-15-10-16-8-13/h7-8,10-12,14H,3-6,9H2,1-2H3. The van der Waals surface area contributed by atoms with Crippen LogP contribution in [-0.2, 0) is 0 Å². The number of hydrogen-bond acceptors (Lipinski definition) is 4. The normalized spacial score (nSPS) is 20.2. The molecule has 1 aliphatic heterocycles. The van der Waals surface area contributed by atoms with Gasteiger partial charge in [-0.3, -0.25) is 0 Å². The van der Waals surface area contributed by atoms with Crippen LogP contribution < -0.4 is 10.2 Å². The summed E-state index contributed by atoms with van der Waals surface area (Å²) in [5.74, 6) is 1.49. The van der Waals surface area contributed by atoms with Crippen LogP contribution in [0.15, 0.2) is 18.7 Å². The van der Waals surface area contributed by atoms with Gasteiger partial charge in [-0.2, -0.15) is 0 Å². The third-order valence-electron chi connectivity index (χ3n) is 3.18. The van der Waals surface area contributed by atoms with E-state index in [-0.39, 0.29) is 0 Å². The van der Waals surface area contributed by atoms with Gasteiger partial charge in [-0.25, -0.2) is 9.97 Å². The molecule has 94 valence electrons. The van der Waals surface area contributed by atoms with E-state index in [0.29, 0.717) is 0 Å². The van der Waals surface area contributed by atoms with E-state index in [1.165, 1.54) is 6.42 Å². The summed E-state index contributed by atoms with van der Waals surface area (Å²) in [6, 6.07) is 0. The molecule has 2 rings (SSSR count). The number of nitrogens with zero attached hydrogens (tertiary/aromatic N) is 3. The zero-order chi connectivity index (χ0) is 12.1. The fourth-order valence-electron chi connectivity index (χ4n) is 2.26. The highest BCUT2D eigenvalue weighted by molar-refractivity contribution is 5.42. The maximum absolute atomic E-state index is 4.07. The second-order valence-corrected chi connectivity index (χ2v) is 5.25. The van der Waals surface area contributed by atoms with Crippen molar-refractivity contribution in [2.45, 2.75) is 20.3 Å². The van der Waals surface area contributed by atoms with Gasteiger partial charge in [0.25, 0.3) is 0 Å². The van der Waals surface area contributed by atoms with Crippen LogP contribution in [0.1, 0.15) is 20.3 Å². The molecule has 4 heteroatoms. The topological polar surface area (TPSA) is 41.0 Å². The lowest BCUT2D eigenvalue weighted by Crippen LogP contribution is -2.28. The van der Waals surface area contributed by atoms with Crippen molar-refractivity contribution in [2.24, 2.45) is 11.8 Å². The Labute approximate surface area is 103 Å². The van der Waals surface area contributed by atoms with Gasteiger partial charge < -0.3 is 10.2 Å². The highest BCUT2D eigenvalue weighted by Gasteiger charge is 2.22. The minimum atomic E-state index is 0.732. The van der Waals surface area contributed by atoms with Crippen LogP contribution in [0.3, 0.4) is 0 Å². The Morgan fingerprint density at radius 2 is 2.18 bits per heavy atom. The SMILES string of the molecule is CC(C)CNCC1CCN(c2cncnc2)C1. The molecule has 1 saturated heterocycles. The van der Waals surface area contributed by atoms with E-state index in [2.05, 4.69) is 34.0 Å². The van der Waals surface area contributed by atoms with Crippen molar-refractivity contribution >= 4 is 5.69 Å². The molecule has 1 N–H and O–H groups in total. The van der Waals surface area contributed by atoms with E-state index in [9.17, 15) is 0 Å². The lowest BCUT2D eigenvalue weighted by Gasteiger charge is -2.18. The van der Waals surface area contributed by atoms with E-state index in [1.807, 2.05) is 12.4 Å². The van der Waals surface area contributed by atoms with Crippen molar-refractivity contribution in [2.75, 3.05) is 31.1 Å². The van der Waals surface area contributed by atoms with Gasteiger partial charge in [0.05, 0.1) is 18.1 Å². The Balaban J connectivity index is 1.76. The highest BCUT2D eigenvalue weighted by atomic mass is 15.2. The first-order chi connectivity index (χ1) is 8.25. The lowest BCUT2D eigenvalue weighted by molar-refractivity contribution is 0.477. The number of hydrogen-bond donors (Lipinski definition) is 1. The molecule has 0 aliphatic carbocycles. The molecule has 1 atom stereocenters. The molecule has 1 aromatic heterocycles.